The van der Waals surface area contributed by atoms with Crippen molar-refractivity contribution in [2.75, 3.05) is 62.8 Å². The number of aromatic nitrogens is 2. The second kappa shape index (κ2) is 11.5. The van der Waals surface area contributed by atoms with Crippen LogP contribution in [-0.4, -0.2) is 90.7 Å². The molecule has 2 aromatic rings. The summed E-state index contributed by atoms with van der Waals surface area (Å²) in [5.41, 5.74) is 4.26. The van der Waals surface area contributed by atoms with Gasteiger partial charge >= 0.3 is 6.01 Å². The molecule has 5 heterocycles. The fourth-order valence-corrected chi connectivity index (χ4v) is 6.48. The molecule has 2 fully saturated rings. The minimum atomic E-state index is -1.01. The number of likely N-dealkylation sites (tertiary alicyclic amines) is 1. The third kappa shape index (κ3) is 5.40. The van der Waals surface area contributed by atoms with Crippen molar-refractivity contribution in [3.8, 4) is 17.8 Å². The molecule has 0 N–H and O–H groups in total. The summed E-state index contributed by atoms with van der Waals surface area (Å²) in [6.07, 6.45) is 3.96. The topological polar surface area (TPSA) is 98.1 Å². The molecule has 10 nitrogen and oxygen atoms in total. The highest BCUT2D eigenvalue weighted by Crippen LogP contribution is 2.39. The van der Waals surface area contributed by atoms with Gasteiger partial charge in [0.05, 0.1) is 43.1 Å². The summed E-state index contributed by atoms with van der Waals surface area (Å²) in [6, 6.07) is 8.65. The number of carbonyl (C=O) groups excluding carboxylic acids is 1. The van der Waals surface area contributed by atoms with Gasteiger partial charge in [-0.2, -0.15) is 15.2 Å². The van der Waals surface area contributed by atoms with E-state index >= 15 is 0 Å². The average molecular weight is 562 g/mol. The van der Waals surface area contributed by atoms with Crippen LogP contribution in [-0.2, 0) is 24.2 Å². The molecule has 41 heavy (non-hydrogen) atoms. The quantitative estimate of drug-likeness (QED) is 0.473. The molecule has 11 heteroatoms. The molecule has 0 unspecified atom stereocenters. The fraction of sp³-hybridized carbons (Fsp3) is 0.533. The molecular weight excluding hydrogens is 525 g/mol. The van der Waals surface area contributed by atoms with E-state index in [9.17, 15) is 14.4 Å². The smallest absolute Gasteiger partial charge is 0.318 e. The monoisotopic (exact) mass is 561 g/mol. The largest absolute Gasteiger partial charge is 0.491 e. The van der Waals surface area contributed by atoms with E-state index in [1.165, 1.54) is 10.5 Å². The minimum Gasteiger partial charge on any atom is -0.491 e. The number of hydrogen-bond acceptors (Lipinski definition) is 9. The van der Waals surface area contributed by atoms with Crippen molar-refractivity contribution in [3.63, 3.8) is 0 Å². The SMILES string of the molecule is C=C(F)C(=O)N1CCN(c2nc(OC[C@@H]3CCCN3C)nc3c2CCN(c2cccc4c2OCC4)C3)C[C@@H]1CC#N. The van der Waals surface area contributed by atoms with E-state index in [1.807, 2.05) is 0 Å². The number of para-hydroxylation sites is 1. The van der Waals surface area contributed by atoms with Gasteiger partial charge in [0, 0.05) is 44.2 Å². The molecule has 2 saturated heterocycles. The van der Waals surface area contributed by atoms with Crippen molar-refractivity contribution in [1.29, 1.82) is 5.26 Å². The number of carbonyl (C=O) groups is 1. The lowest BCUT2D eigenvalue weighted by Gasteiger charge is -2.42. The number of rotatable bonds is 7. The number of likely N-dealkylation sites (N-methyl/N-ethyl adjacent to an activating group) is 1. The van der Waals surface area contributed by atoms with E-state index in [-0.39, 0.29) is 13.0 Å². The standard InChI is InChI=1S/C30H36FN7O3/c1-20(31)29(39)38-15-14-37(17-22(38)8-11-32)28-24-9-13-36(26-7-3-5-21-10-16-40-27(21)26)18-25(24)33-30(34-28)41-19-23-6-4-12-35(23)2/h3,5,7,22-23H,1,4,6,8-10,12-19H2,2H3/t22-,23-/m0/s1. The lowest BCUT2D eigenvalue weighted by atomic mass is 10.0. The number of piperazine rings is 1. The van der Waals surface area contributed by atoms with Gasteiger partial charge in [-0.1, -0.05) is 18.7 Å². The molecule has 0 spiro atoms. The number of amides is 1. The second-order valence-corrected chi connectivity index (χ2v) is 11.2. The average Bonchev–Trinajstić information content (AvgIpc) is 3.63. The maximum atomic E-state index is 13.8. The predicted octanol–water partition coefficient (Wildman–Crippen LogP) is 2.86. The third-order valence-electron chi connectivity index (χ3n) is 8.74. The van der Waals surface area contributed by atoms with Gasteiger partial charge in [0.2, 0.25) is 0 Å². The van der Waals surface area contributed by atoms with Crippen molar-refractivity contribution >= 4 is 17.4 Å². The molecule has 2 atom stereocenters. The van der Waals surface area contributed by atoms with Crippen LogP contribution in [0.4, 0.5) is 15.9 Å². The summed E-state index contributed by atoms with van der Waals surface area (Å²) in [5, 5.41) is 9.46. The molecule has 216 valence electrons. The number of anilines is 2. The van der Waals surface area contributed by atoms with Crippen LogP contribution in [0.5, 0.6) is 11.8 Å². The molecule has 0 bridgehead atoms. The number of hydrogen-bond donors (Lipinski definition) is 0. The summed E-state index contributed by atoms with van der Waals surface area (Å²) in [6.45, 7) is 7.90. The van der Waals surface area contributed by atoms with E-state index in [1.54, 1.807) is 0 Å². The first-order chi connectivity index (χ1) is 19.9. The second-order valence-electron chi connectivity index (χ2n) is 11.2. The molecular formula is C30H36FN7O3. The van der Waals surface area contributed by atoms with E-state index < -0.39 is 17.8 Å². The predicted molar refractivity (Wildman–Crippen MR) is 152 cm³/mol. The molecule has 0 aliphatic carbocycles. The van der Waals surface area contributed by atoms with Crippen LogP contribution < -0.4 is 19.3 Å². The Morgan fingerprint density at radius 2 is 2.07 bits per heavy atom. The van der Waals surface area contributed by atoms with E-state index in [2.05, 4.69) is 52.6 Å². The van der Waals surface area contributed by atoms with Crippen LogP contribution in [0, 0.1) is 11.3 Å². The highest BCUT2D eigenvalue weighted by molar-refractivity contribution is 5.91. The zero-order valence-corrected chi connectivity index (χ0v) is 23.5. The normalized spacial score (nSPS) is 22.1. The number of ether oxygens (including phenoxy) is 2. The molecule has 1 aromatic carbocycles. The van der Waals surface area contributed by atoms with Crippen molar-refractivity contribution < 1.29 is 18.7 Å². The van der Waals surface area contributed by atoms with Gasteiger partial charge < -0.3 is 29.1 Å². The van der Waals surface area contributed by atoms with Crippen LogP contribution >= 0.6 is 0 Å². The summed E-state index contributed by atoms with van der Waals surface area (Å²) in [7, 11) is 2.11. The Labute approximate surface area is 239 Å². The van der Waals surface area contributed by atoms with Gasteiger partial charge in [-0.3, -0.25) is 4.79 Å². The maximum absolute atomic E-state index is 13.8. The highest BCUT2D eigenvalue weighted by Gasteiger charge is 2.35. The number of fused-ring (bicyclic) bond motifs is 2. The Hall–Kier alpha value is -3.91. The first-order valence-electron chi connectivity index (χ1n) is 14.4. The van der Waals surface area contributed by atoms with E-state index in [0.29, 0.717) is 44.9 Å². The molecule has 6 rings (SSSR count). The van der Waals surface area contributed by atoms with Crippen molar-refractivity contribution in [2.45, 2.75) is 50.7 Å². The lowest BCUT2D eigenvalue weighted by molar-refractivity contribution is -0.131. The Balaban J connectivity index is 1.31. The Bertz CT molecular complexity index is 1380. The summed E-state index contributed by atoms with van der Waals surface area (Å²) in [4.78, 5) is 30.4. The maximum Gasteiger partial charge on any atom is 0.318 e. The van der Waals surface area contributed by atoms with Crippen LogP contribution in [0.25, 0.3) is 0 Å². The van der Waals surface area contributed by atoms with Gasteiger partial charge in [0.25, 0.3) is 5.91 Å². The molecule has 1 aromatic heterocycles. The lowest BCUT2D eigenvalue weighted by Crippen LogP contribution is -2.55. The van der Waals surface area contributed by atoms with Crippen molar-refractivity contribution in [3.05, 3.63) is 47.4 Å². The van der Waals surface area contributed by atoms with Crippen LogP contribution in [0.3, 0.4) is 0 Å². The van der Waals surface area contributed by atoms with Crippen LogP contribution in [0.15, 0.2) is 30.6 Å². The number of nitrogens with zero attached hydrogens (tertiary/aromatic N) is 7. The molecule has 0 radical (unpaired) electrons. The van der Waals surface area contributed by atoms with Gasteiger partial charge in [0.1, 0.15) is 18.2 Å². The molecule has 4 aliphatic rings. The first-order valence-corrected chi connectivity index (χ1v) is 14.4. The fourth-order valence-electron chi connectivity index (χ4n) is 6.48. The van der Waals surface area contributed by atoms with Crippen molar-refractivity contribution in [2.24, 2.45) is 0 Å². The van der Waals surface area contributed by atoms with E-state index in [0.717, 1.165) is 67.3 Å². The molecule has 1 amide bonds. The number of benzene rings is 1. The van der Waals surface area contributed by atoms with Gasteiger partial charge in [-0.05, 0) is 44.5 Å². The molecule has 0 saturated carbocycles. The zero-order chi connectivity index (χ0) is 28.5. The van der Waals surface area contributed by atoms with Crippen molar-refractivity contribution in [1.82, 2.24) is 19.8 Å². The Morgan fingerprint density at radius 3 is 2.85 bits per heavy atom. The highest BCUT2D eigenvalue weighted by atomic mass is 19.1. The van der Waals surface area contributed by atoms with Gasteiger partial charge in [0.15, 0.2) is 5.83 Å². The van der Waals surface area contributed by atoms with Gasteiger partial charge in [-0.15, -0.1) is 0 Å². The van der Waals surface area contributed by atoms with Crippen LogP contribution in [0.1, 0.15) is 36.1 Å². The summed E-state index contributed by atoms with van der Waals surface area (Å²) < 4.78 is 26.0. The minimum absolute atomic E-state index is 0.0903. The van der Waals surface area contributed by atoms with Gasteiger partial charge in [-0.25, -0.2) is 4.39 Å². The van der Waals surface area contributed by atoms with E-state index in [4.69, 9.17) is 19.4 Å². The zero-order valence-electron chi connectivity index (χ0n) is 23.5. The Kier molecular flexibility index (Phi) is 7.67. The van der Waals surface area contributed by atoms with Crippen LogP contribution in [0.2, 0.25) is 0 Å². The molecule has 4 aliphatic heterocycles. The third-order valence-corrected chi connectivity index (χ3v) is 8.74. The number of halogens is 1. The first kappa shape index (κ1) is 27.3. The summed E-state index contributed by atoms with van der Waals surface area (Å²) in [5.74, 6) is -0.0361. The number of nitriles is 1. The Morgan fingerprint density at radius 1 is 1.20 bits per heavy atom. The summed E-state index contributed by atoms with van der Waals surface area (Å²) >= 11 is 0.